The van der Waals surface area contributed by atoms with E-state index in [1.54, 1.807) is 24.3 Å². The zero-order valence-electron chi connectivity index (χ0n) is 10.0. The summed E-state index contributed by atoms with van der Waals surface area (Å²) in [6.07, 6.45) is 0.820. The third-order valence-corrected chi connectivity index (χ3v) is 3.72. The van der Waals surface area contributed by atoms with Gasteiger partial charge in [0.05, 0.1) is 0 Å². The highest BCUT2D eigenvalue weighted by atomic mass is 19.1. The summed E-state index contributed by atoms with van der Waals surface area (Å²) in [5.41, 5.74) is -1.82. The fourth-order valence-electron chi connectivity index (χ4n) is 2.51. The monoisotopic (exact) mass is 242 g/mol. The standard InChI is InChI=1S/C16H15FO/c17-15(11-12-15)16(18,13-7-3-1-4-8-13)14-9-5-2-6-10-14/h1-10,18H,11-12H2. The summed E-state index contributed by atoms with van der Waals surface area (Å²) in [6.45, 7) is 0. The maximum atomic E-state index is 14.7. The number of alkyl halides is 1. The predicted molar refractivity (Wildman–Crippen MR) is 69.0 cm³/mol. The van der Waals surface area contributed by atoms with Gasteiger partial charge in [-0.05, 0) is 24.0 Å². The lowest BCUT2D eigenvalue weighted by molar-refractivity contribution is -0.0203. The van der Waals surface area contributed by atoms with Crippen molar-refractivity contribution in [3.8, 4) is 0 Å². The predicted octanol–water partition coefficient (Wildman–Crippen LogP) is 3.42. The fourth-order valence-corrected chi connectivity index (χ4v) is 2.51. The molecule has 0 aromatic heterocycles. The van der Waals surface area contributed by atoms with Crippen molar-refractivity contribution in [2.45, 2.75) is 24.1 Å². The molecule has 1 aliphatic rings. The third kappa shape index (κ3) is 1.57. The van der Waals surface area contributed by atoms with Crippen molar-refractivity contribution in [2.75, 3.05) is 0 Å². The molecule has 0 spiro atoms. The Morgan fingerprint density at radius 2 is 1.22 bits per heavy atom. The van der Waals surface area contributed by atoms with Crippen LogP contribution in [0.4, 0.5) is 4.39 Å². The largest absolute Gasteiger partial charge is 0.377 e. The Bertz CT molecular complexity index is 492. The Morgan fingerprint density at radius 1 is 0.833 bits per heavy atom. The summed E-state index contributed by atoms with van der Waals surface area (Å²) in [4.78, 5) is 0. The van der Waals surface area contributed by atoms with Crippen molar-refractivity contribution >= 4 is 0 Å². The van der Waals surface area contributed by atoms with Crippen molar-refractivity contribution in [2.24, 2.45) is 0 Å². The van der Waals surface area contributed by atoms with Crippen molar-refractivity contribution in [1.29, 1.82) is 0 Å². The average Bonchev–Trinajstić information content (AvgIpc) is 3.19. The summed E-state index contributed by atoms with van der Waals surface area (Å²) in [7, 11) is 0. The maximum Gasteiger partial charge on any atom is 0.148 e. The van der Waals surface area contributed by atoms with Crippen LogP contribution in [0, 0.1) is 0 Å². The Morgan fingerprint density at radius 3 is 1.56 bits per heavy atom. The lowest BCUT2D eigenvalue weighted by atomic mass is 9.81. The van der Waals surface area contributed by atoms with Gasteiger partial charge in [-0.2, -0.15) is 0 Å². The maximum absolute atomic E-state index is 14.7. The lowest BCUT2D eigenvalue weighted by Gasteiger charge is -2.33. The van der Waals surface area contributed by atoms with E-state index in [2.05, 4.69) is 0 Å². The SMILES string of the molecule is OC(c1ccccc1)(c1ccccc1)C1(F)CC1. The second-order valence-electron chi connectivity index (χ2n) is 4.91. The first-order valence-electron chi connectivity index (χ1n) is 6.19. The summed E-state index contributed by atoms with van der Waals surface area (Å²) >= 11 is 0. The van der Waals surface area contributed by atoms with Gasteiger partial charge in [0.15, 0.2) is 0 Å². The highest BCUT2D eigenvalue weighted by Gasteiger charge is 2.61. The summed E-state index contributed by atoms with van der Waals surface area (Å²) in [5.74, 6) is 0. The van der Waals surface area contributed by atoms with E-state index in [1.807, 2.05) is 36.4 Å². The molecule has 2 aromatic carbocycles. The van der Waals surface area contributed by atoms with Crippen molar-refractivity contribution in [3.63, 3.8) is 0 Å². The smallest absolute Gasteiger partial charge is 0.148 e. The quantitative estimate of drug-likeness (QED) is 0.874. The molecule has 0 heterocycles. The van der Waals surface area contributed by atoms with Gasteiger partial charge < -0.3 is 5.11 Å². The van der Waals surface area contributed by atoms with Gasteiger partial charge in [0.1, 0.15) is 11.3 Å². The van der Waals surface area contributed by atoms with Crippen LogP contribution in [0.1, 0.15) is 24.0 Å². The van der Waals surface area contributed by atoms with E-state index in [-0.39, 0.29) is 0 Å². The molecule has 1 saturated carbocycles. The van der Waals surface area contributed by atoms with Crippen molar-refractivity contribution in [1.82, 2.24) is 0 Å². The summed E-state index contributed by atoms with van der Waals surface area (Å²) in [6, 6.07) is 18.2. The first kappa shape index (κ1) is 11.4. The molecule has 0 aliphatic heterocycles. The molecule has 1 aliphatic carbocycles. The second-order valence-corrected chi connectivity index (χ2v) is 4.91. The molecule has 18 heavy (non-hydrogen) atoms. The molecule has 92 valence electrons. The average molecular weight is 242 g/mol. The fraction of sp³-hybridized carbons (Fsp3) is 0.250. The van der Waals surface area contributed by atoms with Gasteiger partial charge >= 0.3 is 0 Å². The normalized spacial score (nSPS) is 17.4. The van der Waals surface area contributed by atoms with Crippen LogP contribution in [-0.4, -0.2) is 10.8 Å². The van der Waals surface area contributed by atoms with Gasteiger partial charge in [0, 0.05) is 0 Å². The highest BCUT2D eigenvalue weighted by molar-refractivity contribution is 5.42. The number of hydrogen-bond acceptors (Lipinski definition) is 1. The Kier molecular flexibility index (Phi) is 2.49. The minimum Gasteiger partial charge on any atom is -0.377 e. The van der Waals surface area contributed by atoms with Gasteiger partial charge in [0.25, 0.3) is 0 Å². The van der Waals surface area contributed by atoms with Crippen molar-refractivity contribution in [3.05, 3.63) is 71.8 Å². The van der Waals surface area contributed by atoms with Gasteiger partial charge in [0.2, 0.25) is 0 Å². The molecule has 2 aromatic rings. The molecule has 2 heteroatoms. The Hall–Kier alpha value is -1.67. The molecule has 0 saturated heterocycles. The third-order valence-electron chi connectivity index (χ3n) is 3.72. The molecule has 3 rings (SSSR count). The first-order valence-corrected chi connectivity index (χ1v) is 6.19. The van der Waals surface area contributed by atoms with E-state index in [0.717, 1.165) is 0 Å². The van der Waals surface area contributed by atoms with Crippen LogP contribution in [0.3, 0.4) is 0 Å². The Balaban J connectivity index is 2.17. The lowest BCUT2D eigenvalue weighted by Crippen LogP contribution is -2.39. The number of benzene rings is 2. The molecule has 0 unspecified atom stereocenters. The van der Waals surface area contributed by atoms with E-state index in [0.29, 0.717) is 24.0 Å². The molecule has 0 radical (unpaired) electrons. The van der Waals surface area contributed by atoms with Crippen molar-refractivity contribution < 1.29 is 9.50 Å². The van der Waals surface area contributed by atoms with E-state index >= 15 is 0 Å². The van der Waals surface area contributed by atoms with E-state index < -0.39 is 11.3 Å². The van der Waals surface area contributed by atoms with Crippen LogP contribution in [0.2, 0.25) is 0 Å². The van der Waals surface area contributed by atoms with Crippen LogP contribution >= 0.6 is 0 Å². The van der Waals surface area contributed by atoms with Gasteiger partial charge in [-0.3, -0.25) is 0 Å². The van der Waals surface area contributed by atoms with E-state index in [1.165, 1.54) is 0 Å². The zero-order chi connectivity index (χ0) is 12.6. The van der Waals surface area contributed by atoms with Crippen LogP contribution in [0.5, 0.6) is 0 Å². The molecule has 1 N–H and O–H groups in total. The number of halogens is 1. The first-order chi connectivity index (χ1) is 8.67. The van der Waals surface area contributed by atoms with Crippen LogP contribution in [0.25, 0.3) is 0 Å². The molecule has 1 nitrogen and oxygen atoms in total. The van der Waals surface area contributed by atoms with Gasteiger partial charge in [-0.1, -0.05) is 60.7 Å². The molecule has 0 bridgehead atoms. The molecule has 0 amide bonds. The summed E-state index contributed by atoms with van der Waals surface area (Å²) in [5, 5.41) is 11.0. The number of rotatable bonds is 3. The minimum atomic E-state index is -1.53. The van der Waals surface area contributed by atoms with Crippen LogP contribution in [-0.2, 0) is 5.60 Å². The molecule has 0 atom stereocenters. The number of hydrogen-bond donors (Lipinski definition) is 1. The second kappa shape index (κ2) is 3.92. The Labute approximate surface area is 106 Å². The zero-order valence-corrected chi connectivity index (χ0v) is 10.0. The van der Waals surface area contributed by atoms with E-state index in [4.69, 9.17) is 0 Å². The molecular formula is C16H15FO. The molecular weight excluding hydrogens is 227 g/mol. The van der Waals surface area contributed by atoms with Gasteiger partial charge in [-0.25, -0.2) is 4.39 Å². The minimum absolute atomic E-state index is 0.410. The highest BCUT2D eigenvalue weighted by Crippen LogP contribution is 2.56. The topological polar surface area (TPSA) is 20.2 Å². The summed E-state index contributed by atoms with van der Waals surface area (Å²) < 4.78 is 14.7. The van der Waals surface area contributed by atoms with E-state index in [9.17, 15) is 9.50 Å². The van der Waals surface area contributed by atoms with Crippen LogP contribution in [0.15, 0.2) is 60.7 Å². The molecule has 1 fully saturated rings. The van der Waals surface area contributed by atoms with Crippen LogP contribution < -0.4 is 0 Å². The number of aliphatic hydroxyl groups is 1. The van der Waals surface area contributed by atoms with Gasteiger partial charge in [-0.15, -0.1) is 0 Å².